The summed E-state index contributed by atoms with van der Waals surface area (Å²) >= 11 is 0. The molecule has 0 heterocycles. The molecule has 0 fully saturated rings. The molecule has 5 heavy (non-hydrogen) atoms. The molecule has 0 saturated heterocycles. The highest BCUT2D eigenvalue weighted by Crippen LogP contribution is 1.47. The molecule has 0 saturated carbocycles. The quantitative estimate of drug-likeness (QED) is 0.343. The van der Waals surface area contributed by atoms with Crippen LogP contribution in [-0.4, -0.2) is 13.8 Å². The number of hydrogen-bond donors (Lipinski definition) is 1. The summed E-state index contributed by atoms with van der Waals surface area (Å²) in [4.78, 5) is 0. The van der Waals surface area contributed by atoms with Gasteiger partial charge < -0.3 is 4.74 Å². The SMILES string of the molecule is COCN[N]. The van der Waals surface area contributed by atoms with Gasteiger partial charge in [-0.1, -0.05) is 0 Å². The molecular formula is C2H6N2O. The molecule has 3 heteroatoms. The lowest BCUT2D eigenvalue weighted by Gasteiger charge is -1.85. The molecule has 0 aromatic carbocycles. The molecule has 0 spiro atoms. The van der Waals surface area contributed by atoms with Crippen LogP contribution in [0.15, 0.2) is 0 Å². The summed E-state index contributed by atoms with van der Waals surface area (Å²) in [5, 5.41) is 0. The second kappa shape index (κ2) is 3.88. The Kier molecular flexibility index (Phi) is 3.79. The fraction of sp³-hybridized carbons (Fsp3) is 1.00. The molecule has 0 bridgehead atoms. The fourth-order valence-corrected chi connectivity index (χ4v) is 0.0645. The zero-order chi connectivity index (χ0) is 4.12. The van der Waals surface area contributed by atoms with Gasteiger partial charge >= 0.3 is 0 Å². The average Bonchev–Trinajstić information content (AvgIpc) is 1.41. The molecule has 0 aliphatic heterocycles. The Morgan fingerprint density at radius 2 is 2.60 bits per heavy atom. The largest absolute Gasteiger partial charge is 0.368 e. The minimum atomic E-state index is 0.194. The zero-order valence-electron chi connectivity index (χ0n) is 3.06. The number of nitrogens with zero attached hydrogens (tertiary/aromatic N) is 1. The van der Waals surface area contributed by atoms with Gasteiger partial charge in [0.25, 0.3) is 0 Å². The Hall–Kier alpha value is -0.120. The van der Waals surface area contributed by atoms with Crippen LogP contribution in [0.3, 0.4) is 0 Å². The first-order valence-corrected chi connectivity index (χ1v) is 1.27. The van der Waals surface area contributed by atoms with Gasteiger partial charge in [-0.25, -0.2) is 0 Å². The Labute approximate surface area is 31.1 Å². The highest BCUT2D eigenvalue weighted by molar-refractivity contribution is 4.00. The highest BCUT2D eigenvalue weighted by Gasteiger charge is 1.64. The molecule has 30 valence electrons. The standard InChI is InChI=1S/C2H6N2O/c1-5-2-4-3/h4H,2H2,1H3. The summed E-state index contributed by atoms with van der Waals surface area (Å²) < 4.78 is 4.33. The minimum Gasteiger partial charge on any atom is -0.368 e. The van der Waals surface area contributed by atoms with E-state index < -0.39 is 0 Å². The molecule has 3 nitrogen and oxygen atoms in total. The van der Waals surface area contributed by atoms with Crippen molar-refractivity contribution in [2.45, 2.75) is 0 Å². The van der Waals surface area contributed by atoms with E-state index in [1.165, 1.54) is 7.11 Å². The number of nitrogens with one attached hydrogen (secondary N) is 1. The van der Waals surface area contributed by atoms with Crippen LogP contribution in [-0.2, 0) is 4.74 Å². The lowest BCUT2D eigenvalue weighted by Crippen LogP contribution is -2.12. The van der Waals surface area contributed by atoms with Crippen molar-refractivity contribution in [2.24, 2.45) is 0 Å². The van der Waals surface area contributed by atoms with Gasteiger partial charge in [0.15, 0.2) is 0 Å². The van der Waals surface area contributed by atoms with Gasteiger partial charge in [-0.15, -0.1) is 0 Å². The van der Waals surface area contributed by atoms with Gasteiger partial charge in [-0.2, -0.15) is 5.43 Å². The minimum absolute atomic E-state index is 0.194. The lowest BCUT2D eigenvalue weighted by molar-refractivity contribution is 0.174. The van der Waals surface area contributed by atoms with Crippen LogP contribution in [0.2, 0.25) is 0 Å². The van der Waals surface area contributed by atoms with Crippen molar-refractivity contribution in [1.82, 2.24) is 11.3 Å². The van der Waals surface area contributed by atoms with E-state index in [9.17, 15) is 0 Å². The summed E-state index contributed by atoms with van der Waals surface area (Å²) in [5.41, 5.74) is 1.80. The van der Waals surface area contributed by atoms with E-state index in [2.05, 4.69) is 4.74 Å². The summed E-state index contributed by atoms with van der Waals surface area (Å²) in [6.45, 7) is 0.194. The third-order valence-electron chi connectivity index (χ3n) is 0.209. The smallest absolute Gasteiger partial charge is 0.112 e. The Balaban J connectivity index is 2.19. The third-order valence-corrected chi connectivity index (χ3v) is 0.209. The Morgan fingerprint density at radius 1 is 2.00 bits per heavy atom. The third kappa shape index (κ3) is 3.88. The average molecular weight is 74.1 g/mol. The number of ether oxygens (including phenoxy) is 1. The molecule has 0 aliphatic carbocycles. The molecule has 0 rings (SSSR count). The topological polar surface area (TPSA) is 43.6 Å². The summed E-state index contributed by atoms with van der Waals surface area (Å²) in [6.07, 6.45) is 0. The van der Waals surface area contributed by atoms with Crippen LogP contribution < -0.4 is 11.3 Å². The maximum absolute atomic E-state index is 7.69. The number of hydrogen-bond acceptors (Lipinski definition) is 2. The van der Waals surface area contributed by atoms with E-state index in [1.807, 2.05) is 0 Å². The molecule has 1 N–H and O–H groups in total. The second-order valence-corrected chi connectivity index (χ2v) is 0.591. The van der Waals surface area contributed by atoms with Gasteiger partial charge in [-0.3, -0.25) is 0 Å². The van der Waals surface area contributed by atoms with E-state index in [0.29, 0.717) is 0 Å². The van der Waals surface area contributed by atoms with Crippen molar-refractivity contribution in [3.8, 4) is 0 Å². The molecular weight excluding hydrogens is 68.0 g/mol. The van der Waals surface area contributed by atoms with Crippen LogP contribution in [0.1, 0.15) is 0 Å². The van der Waals surface area contributed by atoms with Crippen LogP contribution in [0.5, 0.6) is 0 Å². The molecule has 0 aromatic rings. The van der Waals surface area contributed by atoms with E-state index in [1.54, 1.807) is 5.43 Å². The Morgan fingerprint density at radius 3 is 2.60 bits per heavy atom. The van der Waals surface area contributed by atoms with E-state index >= 15 is 0 Å². The van der Waals surface area contributed by atoms with E-state index in [4.69, 9.17) is 5.84 Å². The molecule has 2 radical (unpaired) electrons. The van der Waals surface area contributed by atoms with Crippen molar-refractivity contribution >= 4 is 0 Å². The van der Waals surface area contributed by atoms with Gasteiger partial charge in [0.2, 0.25) is 0 Å². The maximum atomic E-state index is 7.69. The highest BCUT2D eigenvalue weighted by atomic mass is 16.5. The van der Waals surface area contributed by atoms with Crippen molar-refractivity contribution in [1.29, 1.82) is 0 Å². The lowest BCUT2D eigenvalue weighted by atomic mass is 11.3. The first kappa shape index (κ1) is 4.88. The number of rotatable bonds is 2. The fourth-order valence-electron chi connectivity index (χ4n) is 0.0645. The monoisotopic (exact) mass is 74.0 g/mol. The summed E-state index contributed by atoms with van der Waals surface area (Å²) in [5.74, 6) is 7.69. The first-order valence-electron chi connectivity index (χ1n) is 1.27. The van der Waals surface area contributed by atoms with Crippen molar-refractivity contribution < 1.29 is 4.74 Å². The van der Waals surface area contributed by atoms with Gasteiger partial charge in [0.05, 0.1) is 0 Å². The molecule has 0 atom stereocenters. The van der Waals surface area contributed by atoms with Gasteiger partial charge in [0, 0.05) is 7.11 Å². The van der Waals surface area contributed by atoms with Crippen LogP contribution in [0.25, 0.3) is 0 Å². The van der Waals surface area contributed by atoms with Crippen LogP contribution >= 0.6 is 0 Å². The predicted molar refractivity (Wildman–Crippen MR) is 17.1 cm³/mol. The van der Waals surface area contributed by atoms with Gasteiger partial charge in [-0.05, 0) is 5.84 Å². The van der Waals surface area contributed by atoms with E-state index in [-0.39, 0.29) is 6.73 Å². The van der Waals surface area contributed by atoms with Crippen LogP contribution in [0.4, 0.5) is 0 Å². The summed E-state index contributed by atoms with van der Waals surface area (Å²) in [7, 11) is 1.49. The molecule has 0 unspecified atom stereocenters. The molecule has 0 amide bonds. The predicted octanol–water partition coefficient (Wildman–Crippen LogP) is -0.836. The Bertz CT molecular complexity index is 15.1. The van der Waals surface area contributed by atoms with Crippen molar-refractivity contribution in [2.75, 3.05) is 13.8 Å². The van der Waals surface area contributed by atoms with Crippen molar-refractivity contribution in [3.05, 3.63) is 0 Å². The van der Waals surface area contributed by atoms with Crippen LogP contribution in [0, 0.1) is 0 Å². The summed E-state index contributed by atoms with van der Waals surface area (Å²) in [6, 6.07) is 0. The van der Waals surface area contributed by atoms with Gasteiger partial charge in [0.1, 0.15) is 6.73 Å². The maximum Gasteiger partial charge on any atom is 0.112 e. The second-order valence-electron chi connectivity index (χ2n) is 0.591. The molecule has 0 aromatic heterocycles. The normalized spacial score (nSPS) is 8.40. The van der Waals surface area contributed by atoms with E-state index in [0.717, 1.165) is 0 Å². The molecule has 0 aliphatic rings. The number of methoxy groups -OCH3 is 1. The zero-order valence-corrected chi connectivity index (χ0v) is 3.06. The van der Waals surface area contributed by atoms with Crippen molar-refractivity contribution in [3.63, 3.8) is 0 Å². The first-order chi connectivity index (χ1) is 2.41.